The fraction of sp³-hybridized carbons (Fsp3) is 0.636. The first-order valence-corrected chi connectivity index (χ1v) is 6.35. The molecule has 6 heteroatoms. The van der Waals surface area contributed by atoms with Crippen molar-refractivity contribution in [3.8, 4) is 0 Å². The van der Waals surface area contributed by atoms with Crippen LogP contribution in [0.15, 0.2) is 6.20 Å². The number of esters is 1. The Morgan fingerprint density at radius 2 is 2.29 bits per heavy atom. The SMILES string of the molecule is COC(=O)c1cnc(NC2(C)CCOCC2)s1. The predicted molar refractivity (Wildman–Crippen MR) is 65.5 cm³/mol. The van der Waals surface area contributed by atoms with Crippen LogP contribution in [0.5, 0.6) is 0 Å². The van der Waals surface area contributed by atoms with Crippen LogP contribution < -0.4 is 5.32 Å². The van der Waals surface area contributed by atoms with E-state index >= 15 is 0 Å². The molecule has 2 heterocycles. The number of nitrogens with zero attached hydrogens (tertiary/aromatic N) is 1. The number of carbonyl (C=O) groups is 1. The van der Waals surface area contributed by atoms with Crippen LogP contribution in [0.3, 0.4) is 0 Å². The number of nitrogens with one attached hydrogen (secondary N) is 1. The summed E-state index contributed by atoms with van der Waals surface area (Å²) in [6, 6.07) is 0. The standard InChI is InChI=1S/C11H16N2O3S/c1-11(3-5-16-6-4-11)13-10-12-7-8(17-10)9(14)15-2/h7H,3-6H2,1-2H3,(H,12,13). The highest BCUT2D eigenvalue weighted by Crippen LogP contribution is 2.28. The van der Waals surface area contributed by atoms with Gasteiger partial charge in [-0.05, 0) is 19.8 Å². The molecular formula is C11H16N2O3S. The Morgan fingerprint density at radius 1 is 1.59 bits per heavy atom. The van der Waals surface area contributed by atoms with Gasteiger partial charge in [0.15, 0.2) is 5.13 Å². The molecule has 1 N–H and O–H groups in total. The first kappa shape index (κ1) is 12.3. The van der Waals surface area contributed by atoms with Gasteiger partial charge in [-0.15, -0.1) is 0 Å². The highest BCUT2D eigenvalue weighted by atomic mass is 32.1. The monoisotopic (exact) mass is 256 g/mol. The van der Waals surface area contributed by atoms with Gasteiger partial charge in [0, 0.05) is 18.8 Å². The van der Waals surface area contributed by atoms with Gasteiger partial charge in [-0.3, -0.25) is 0 Å². The van der Waals surface area contributed by atoms with Gasteiger partial charge in [0.2, 0.25) is 0 Å². The van der Waals surface area contributed by atoms with Crippen LogP contribution in [0, 0.1) is 0 Å². The molecule has 17 heavy (non-hydrogen) atoms. The summed E-state index contributed by atoms with van der Waals surface area (Å²) in [7, 11) is 1.37. The second-order valence-corrected chi connectivity index (χ2v) is 5.35. The number of thiazole rings is 1. The summed E-state index contributed by atoms with van der Waals surface area (Å²) in [5.74, 6) is -0.340. The quantitative estimate of drug-likeness (QED) is 0.837. The minimum absolute atomic E-state index is 0.00347. The zero-order valence-electron chi connectivity index (χ0n) is 9.99. The van der Waals surface area contributed by atoms with E-state index in [4.69, 9.17) is 4.74 Å². The van der Waals surface area contributed by atoms with Gasteiger partial charge in [0.25, 0.3) is 0 Å². The first-order valence-electron chi connectivity index (χ1n) is 5.53. The molecule has 1 aliphatic heterocycles. The van der Waals surface area contributed by atoms with Crippen molar-refractivity contribution >= 4 is 22.4 Å². The van der Waals surface area contributed by atoms with Crippen LogP contribution in [0.4, 0.5) is 5.13 Å². The molecule has 0 atom stereocenters. The summed E-state index contributed by atoms with van der Waals surface area (Å²) in [6.07, 6.45) is 3.43. The predicted octanol–water partition coefficient (Wildman–Crippen LogP) is 1.91. The van der Waals surface area contributed by atoms with Gasteiger partial charge in [-0.1, -0.05) is 11.3 Å². The number of ether oxygens (including phenoxy) is 2. The van der Waals surface area contributed by atoms with Gasteiger partial charge >= 0.3 is 5.97 Å². The maximum absolute atomic E-state index is 11.3. The van der Waals surface area contributed by atoms with Crippen molar-refractivity contribution in [3.05, 3.63) is 11.1 Å². The zero-order valence-corrected chi connectivity index (χ0v) is 10.8. The van der Waals surface area contributed by atoms with Gasteiger partial charge in [-0.25, -0.2) is 9.78 Å². The van der Waals surface area contributed by atoms with Crippen LogP contribution >= 0.6 is 11.3 Å². The number of aromatic nitrogens is 1. The third-order valence-electron chi connectivity index (χ3n) is 2.90. The van der Waals surface area contributed by atoms with E-state index in [0.717, 1.165) is 31.2 Å². The van der Waals surface area contributed by atoms with Crippen molar-refractivity contribution in [2.24, 2.45) is 0 Å². The molecule has 0 saturated carbocycles. The van der Waals surface area contributed by atoms with Crippen LogP contribution in [0.1, 0.15) is 29.4 Å². The van der Waals surface area contributed by atoms with E-state index in [-0.39, 0.29) is 11.5 Å². The minimum Gasteiger partial charge on any atom is -0.465 e. The van der Waals surface area contributed by atoms with Gasteiger partial charge < -0.3 is 14.8 Å². The number of anilines is 1. The van der Waals surface area contributed by atoms with E-state index in [1.54, 1.807) is 6.20 Å². The Labute approximate surface area is 104 Å². The molecule has 0 unspecified atom stereocenters. The average Bonchev–Trinajstić information content (AvgIpc) is 2.76. The van der Waals surface area contributed by atoms with E-state index in [1.165, 1.54) is 18.4 Å². The van der Waals surface area contributed by atoms with Crippen LogP contribution in [0.2, 0.25) is 0 Å². The lowest BCUT2D eigenvalue weighted by atomic mass is 9.93. The first-order chi connectivity index (χ1) is 8.13. The summed E-state index contributed by atoms with van der Waals surface area (Å²) in [5, 5.41) is 4.14. The van der Waals surface area contributed by atoms with E-state index in [9.17, 15) is 4.79 Å². The highest BCUT2D eigenvalue weighted by molar-refractivity contribution is 7.17. The second kappa shape index (κ2) is 5.01. The van der Waals surface area contributed by atoms with Gasteiger partial charge in [-0.2, -0.15) is 0 Å². The Balaban J connectivity index is 2.03. The van der Waals surface area contributed by atoms with E-state index in [0.29, 0.717) is 4.88 Å². The van der Waals surface area contributed by atoms with Crippen molar-refractivity contribution in [2.45, 2.75) is 25.3 Å². The molecule has 0 amide bonds. The summed E-state index contributed by atoms with van der Waals surface area (Å²) in [6.45, 7) is 3.67. The molecule has 0 aliphatic carbocycles. The molecule has 1 fully saturated rings. The summed E-state index contributed by atoms with van der Waals surface area (Å²) < 4.78 is 9.98. The molecule has 94 valence electrons. The third kappa shape index (κ3) is 2.95. The Morgan fingerprint density at radius 3 is 2.94 bits per heavy atom. The number of carbonyl (C=O) groups excluding carboxylic acids is 1. The minimum atomic E-state index is -0.340. The zero-order chi connectivity index (χ0) is 12.3. The molecule has 1 aliphatic rings. The Hall–Kier alpha value is -1.14. The van der Waals surface area contributed by atoms with Gasteiger partial charge in [0.05, 0.1) is 13.3 Å². The average molecular weight is 256 g/mol. The smallest absolute Gasteiger partial charge is 0.349 e. The Bertz CT molecular complexity index is 399. The lowest BCUT2D eigenvalue weighted by molar-refractivity contribution is 0.0605. The molecule has 0 bridgehead atoms. The summed E-state index contributed by atoms with van der Waals surface area (Å²) in [4.78, 5) is 16.0. The van der Waals surface area contributed by atoms with Crippen molar-refractivity contribution in [2.75, 3.05) is 25.6 Å². The van der Waals surface area contributed by atoms with Crippen molar-refractivity contribution in [1.82, 2.24) is 4.98 Å². The molecule has 1 aromatic rings. The summed E-state index contributed by atoms with van der Waals surface area (Å²) >= 11 is 1.32. The molecule has 0 aromatic carbocycles. The highest BCUT2D eigenvalue weighted by Gasteiger charge is 2.28. The Kier molecular flexibility index (Phi) is 3.63. The van der Waals surface area contributed by atoms with Crippen LogP contribution in [0.25, 0.3) is 0 Å². The topological polar surface area (TPSA) is 60.5 Å². The number of methoxy groups -OCH3 is 1. The van der Waals surface area contributed by atoms with E-state index in [1.807, 2.05) is 0 Å². The molecule has 1 aromatic heterocycles. The molecular weight excluding hydrogens is 240 g/mol. The molecule has 2 rings (SSSR count). The molecule has 5 nitrogen and oxygen atoms in total. The van der Waals surface area contributed by atoms with Crippen molar-refractivity contribution in [3.63, 3.8) is 0 Å². The number of hydrogen-bond donors (Lipinski definition) is 1. The number of hydrogen-bond acceptors (Lipinski definition) is 6. The van der Waals surface area contributed by atoms with Crippen molar-refractivity contribution in [1.29, 1.82) is 0 Å². The largest absolute Gasteiger partial charge is 0.465 e. The van der Waals surface area contributed by atoms with Gasteiger partial charge in [0.1, 0.15) is 4.88 Å². The lowest BCUT2D eigenvalue weighted by Crippen LogP contribution is -2.40. The second-order valence-electron chi connectivity index (χ2n) is 4.32. The fourth-order valence-corrected chi connectivity index (χ4v) is 2.62. The maximum atomic E-state index is 11.3. The summed E-state index contributed by atoms with van der Waals surface area (Å²) in [5.41, 5.74) is 0.00347. The fourth-order valence-electron chi connectivity index (χ4n) is 1.73. The maximum Gasteiger partial charge on any atom is 0.349 e. The van der Waals surface area contributed by atoms with Crippen LogP contribution in [-0.4, -0.2) is 36.8 Å². The van der Waals surface area contributed by atoms with Crippen LogP contribution in [-0.2, 0) is 9.47 Å². The van der Waals surface area contributed by atoms with E-state index in [2.05, 4.69) is 22.0 Å². The molecule has 0 spiro atoms. The molecule has 1 saturated heterocycles. The number of rotatable bonds is 3. The third-order valence-corrected chi connectivity index (χ3v) is 3.79. The van der Waals surface area contributed by atoms with E-state index < -0.39 is 0 Å². The normalized spacial score (nSPS) is 18.7. The molecule has 0 radical (unpaired) electrons. The van der Waals surface area contributed by atoms with Crippen molar-refractivity contribution < 1.29 is 14.3 Å². The lowest BCUT2D eigenvalue weighted by Gasteiger charge is -2.34.